The predicted molar refractivity (Wildman–Crippen MR) is 130 cm³/mol. The van der Waals surface area contributed by atoms with Gasteiger partial charge in [-0.1, -0.05) is 48.5 Å². The van der Waals surface area contributed by atoms with Crippen molar-refractivity contribution in [1.82, 2.24) is 9.58 Å². The number of amides is 1. The highest BCUT2D eigenvalue weighted by molar-refractivity contribution is 5.96. The Morgan fingerprint density at radius 3 is 2.14 bits per heavy atom. The van der Waals surface area contributed by atoms with E-state index in [2.05, 4.69) is 0 Å². The number of methoxy groups -OCH3 is 1. The maximum Gasteiger partial charge on any atom is 0.406 e. The summed E-state index contributed by atoms with van der Waals surface area (Å²) >= 11 is 0. The zero-order valence-corrected chi connectivity index (χ0v) is 20.1. The van der Waals surface area contributed by atoms with Crippen LogP contribution in [0, 0.1) is 0 Å². The summed E-state index contributed by atoms with van der Waals surface area (Å²) < 4.78 is 48.0. The molecule has 1 aromatic heterocycles. The number of hydrogen-bond acceptors (Lipinski definition) is 5. The van der Waals surface area contributed by atoms with Crippen molar-refractivity contribution in [2.75, 3.05) is 25.3 Å². The van der Waals surface area contributed by atoms with Crippen LogP contribution in [0.4, 0.5) is 13.2 Å². The van der Waals surface area contributed by atoms with Gasteiger partial charge in [0.05, 0.1) is 6.04 Å². The molecule has 1 atom stereocenters. The first-order chi connectivity index (χ1) is 17.7. The smallest absolute Gasteiger partial charge is 0.406 e. The number of aryl methyl sites for hydroxylation is 2. The van der Waals surface area contributed by atoms with Crippen molar-refractivity contribution >= 4 is 5.91 Å². The minimum atomic E-state index is -4.71. The Labute approximate surface area is 211 Å². The van der Waals surface area contributed by atoms with E-state index in [1.165, 1.54) is 18.0 Å². The van der Waals surface area contributed by atoms with Crippen molar-refractivity contribution in [2.24, 2.45) is 0 Å². The molecule has 0 fully saturated rings. The third kappa shape index (κ3) is 4.46. The van der Waals surface area contributed by atoms with Crippen LogP contribution in [0.25, 0.3) is 0 Å². The lowest BCUT2D eigenvalue weighted by molar-refractivity contribution is -0.147. The van der Waals surface area contributed by atoms with Crippen molar-refractivity contribution in [1.29, 1.82) is 0 Å². The first-order valence-electron chi connectivity index (χ1n) is 12.0. The van der Waals surface area contributed by atoms with Crippen LogP contribution in [0.15, 0.2) is 65.6 Å². The summed E-state index contributed by atoms with van der Waals surface area (Å²) in [5.74, 6) is -1.95. The first kappa shape index (κ1) is 24.9. The molecule has 37 heavy (non-hydrogen) atoms. The van der Waals surface area contributed by atoms with Crippen LogP contribution in [-0.4, -0.2) is 53.2 Å². The van der Waals surface area contributed by atoms with Crippen molar-refractivity contribution in [3.8, 4) is 5.75 Å². The van der Waals surface area contributed by atoms with E-state index in [1.54, 1.807) is 5.01 Å². The molecule has 1 aliphatic heterocycles. The molecule has 2 aromatic carbocycles. The zero-order chi connectivity index (χ0) is 26.3. The van der Waals surface area contributed by atoms with Gasteiger partial charge in [0.15, 0.2) is 11.4 Å². The Bertz CT molecular complexity index is 1340. The SMILES string of the molecule is COCC[C@@H]1N(CC(F)(F)F)C(=O)c2c(O)c(=O)ccn2N1C1c2ccccc2CCc2ccccc21. The van der Waals surface area contributed by atoms with Gasteiger partial charge in [0.1, 0.15) is 12.7 Å². The molecule has 1 aliphatic carbocycles. The van der Waals surface area contributed by atoms with Gasteiger partial charge >= 0.3 is 6.18 Å². The number of pyridine rings is 1. The summed E-state index contributed by atoms with van der Waals surface area (Å²) in [6.45, 7) is -1.46. The second-order valence-corrected chi connectivity index (χ2v) is 9.21. The molecule has 3 aromatic rings. The van der Waals surface area contributed by atoms with Crippen LogP contribution in [0.2, 0.25) is 0 Å². The molecule has 5 rings (SSSR count). The quantitative estimate of drug-likeness (QED) is 0.563. The van der Waals surface area contributed by atoms with E-state index in [4.69, 9.17) is 4.74 Å². The van der Waals surface area contributed by atoms with Crippen molar-refractivity contribution in [2.45, 2.75) is 37.6 Å². The molecular weight excluding hydrogens is 487 g/mol. The Hall–Kier alpha value is -3.79. The highest BCUT2D eigenvalue weighted by Gasteiger charge is 2.47. The van der Waals surface area contributed by atoms with Gasteiger partial charge in [-0.05, 0) is 35.1 Å². The second kappa shape index (κ2) is 9.59. The number of alkyl halides is 3. The number of aromatic hydroxyl groups is 1. The second-order valence-electron chi connectivity index (χ2n) is 9.21. The fraction of sp³-hybridized carbons (Fsp3) is 0.333. The number of hydrogen-bond donors (Lipinski definition) is 1. The lowest BCUT2D eigenvalue weighted by Crippen LogP contribution is -2.64. The summed E-state index contributed by atoms with van der Waals surface area (Å²) in [5.41, 5.74) is 2.47. The summed E-state index contributed by atoms with van der Waals surface area (Å²) in [6.07, 6.45) is -2.94. The van der Waals surface area contributed by atoms with E-state index in [0.29, 0.717) is 4.90 Å². The maximum absolute atomic E-state index is 13.8. The number of halogens is 3. The highest BCUT2D eigenvalue weighted by atomic mass is 19.4. The number of fused-ring (bicyclic) bond motifs is 3. The average molecular weight is 514 g/mol. The van der Waals surface area contributed by atoms with E-state index < -0.39 is 47.7 Å². The Morgan fingerprint density at radius 2 is 1.57 bits per heavy atom. The number of rotatable bonds is 5. The number of aromatic nitrogens is 1. The fourth-order valence-electron chi connectivity index (χ4n) is 5.42. The van der Waals surface area contributed by atoms with Crippen LogP contribution in [0.5, 0.6) is 5.75 Å². The summed E-state index contributed by atoms with van der Waals surface area (Å²) in [5, 5.41) is 12.3. The third-order valence-electron chi connectivity index (χ3n) is 6.99. The van der Waals surface area contributed by atoms with Gasteiger partial charge in [-0.25, -0.2) is 0 Å². The Balaban J connectivity index is 1.82. The zero-order valence-electron chi connectivity index (χ0n) is 20.1. The van der Waals surface area contributed by atoms with Crippen LogP contribution in [-0.2, 0) is 17.6 Å². The number of carbonyl (C=O) groups excluding carboxylic acids is 1. The Kier molecular flexibility index (Phi) is 6.45. The lowest BCUT2D eigenvalue weighted by atomic mass is 9.93. The van der Waals surface area contributed by atoms with Gasteiger partial charge in [0, 0.05) is 32.4 Å². The molecule has 1 amide bonds. The largest absolute Gasteiger partial charge is 0.502 e. The highest BCUT2D eigenvalue weighted by Crippen LogP contribution is 2.41. The van der Waals surface area contributed by atoms with Crippen LogP contribution >= 0.6 is 0 Å². The van der Waals surface area contributed by atoms with E-state index in [1.807, 2.05) is 48.5 Å². The summed E-state index contributed by atoms with van der Waals surface area (Å²) in [6, 6.07) is 15.9. The molecule has 1 N–H and O–H groups in total. The van der Waals surface area contributed by atoms with Gasteiger partial charge in [0.25, 0.3) is 5.91 Å². The monoisotopic (exact) mass is 513 g/mol. The average Bonchev–Trinajstić information content (AvgIpc) is 3.03. The Morgan fingerprint density at radius 1 is 0.973 bits per heavy atom. The van der Waals surface area contributed by atoms with Gasteiger partial charge in [-0.3, -0.25) is 19.3 Å². The molecular formula is C27H26F3N3O4. The molecule has 0 saturated carbocycles. The molecule has 0 radical (unpaired) electrons. The third-order valence-corrected chi connectivity index (χ3v) is 6.99. The normalized spacial score (nSPS) is 17.7. The van der Waals surface area contributed by atoms with E-state index in [0.717, 1.165) is 41.2 Å². The molecule has 0 saturated heterocycles. The molecule has 194 valence electrons. The van der Waals surface area contributed by atoms with Gasteiger partial charge in [-0.2, -0.15) is 13.2 Å². The molecule has 10 heteroatoms. The number of carbonyl (C=O) groups is 1. The van der Waals surface area contributed by atoms with Crippen molar-refractivity contribution in [3.63, 3.8) is 0 Å². The van der Waals surface area contributed by atoms with Gasteiger partial charge in [0.2, 0.25) is 5.43 Å². The van der Waals surface area contributed by atoms with E-state index >= 15 is 0 Å². The summed E-state index contributed by atoms with van der Waals surface area (Å²) in [4.78, 5) is 26.5. The van der Waals surface area contributed by atoms with Crippen molar-refractivity contribution < 1.29 is 27.8 Å². The molecule has 0 unspecified atom stereocenters. The van der Waals surface area contributed by atoms with Gasteiger partial charge < -0.3 is 14.7 Å². The van der Waals surface area contributed by atoms with Crippen LogP contribution in [0.3, 0.4) is 0 Å². The van der Waals surface area contributed by atoms with Crippen molar-refractivity contribution in [3.05, 3.63) is 99.0 Å². The van der Waals surface area contributed by atoms with Gasteiger partial charge in [-0.15, -0.1) is 0 Å². The molecule has 2 aliphatic rings. The predicted octanol–water partition coefficient (Wildman–Crippen LogP) is 3.76. The lowest BCUT2D eigenvalue weighted by Gasteiger charge is -2.50. The minimum Gasteiger partial charge on any atom is -0.502 e. The standard InChI is InChI=1S/C27H26F3N3O4/c1-37-15-13-22-31(16-27(28,29)30)26(36)24-25(35)21(34)12-14-32(24)33(22)23-19-8-4-2-6-17(19)10-11-18-7-3-5-9-20(18)23/h2-9,12,14,22-23,35H,10-11,13,15-16H2,1H3/t22-/m1/s1. The molecule has 0 spiro atoms. The number of benzene rings is 2. The first-order valence-corrected chi connectivity index (χ1v) is 12.0. The minimum absolute atomic E-state index is 0.0610. The van der Waals surface area contributed by atoms with Crippen LogP contribution < -0.4 is 10.4 Å². The molecule has 7 nitrogen and oxygen atoms in total. The van der Waals surface area contributed by atoms with Crippen LogP contribution in [0.1, 0.15) is 45.2 Å². The molecule has 2 heterocycles. The number of ether oxygens (including phenoxy) is 1. The van der Waals surface area contributed by atoms with E-state index in [9.17, 15) is 27.9 Å². The maximum atomic E-state index is 13.8. The molecule has 0 bridgehead atoms. The topological polar surface area (TPSA) is 75.0 Å². The fourth-order valence-corrected chi connectivity index (χ4v) is 5.42. The summed E-state index contributed by atoms with van der Waals surface area (Å²) in [7, 11) is 1.44. The van der Waals surface area contributed by atoms with E-state index in [-0.39, 0.29) is 13.0 Å². The number of nitrogens with zero attached hydrogens (tertiary/aromatic N) is 3.